The molecule has 8 heteroatoms. The molecular weight excluding hydrogens is 466 g/mol. The first-order chi connectivity index (χ1) is 17.7. The van der Waals surface area contributed by atoms with Crippen LogP contribution in [0, 0.1) is 25.2 Å². The number of rotatable bonds is 5. The van der Waals surface area contributed by atoms with Crippen LogP contribution < -0.4 is 20.9 Å². The molecule has 3 heterocycles. The molecule has 0 saturated heterocycles. The van der Waals surface area contributed by atoms with Gasteiger partial charge in [-0.25, -0.2) is 0 Å². The summed E-state index contributed by atoms with van der Waals surface area (Å²) in [6.45, 7) is 5.16. The van der Waals surface area contributed by atoms with E-state index in [1.54, 1.807) is 21.6 Å². The second-order valence-electron chi connectivity index (χ2n) is 9.88. The molecule has 5 rings (SSSR count). The van der Waals surface area contributed by atoms with Crippen molar-refractivity contribution in [2.45, 2.75) is 32.4 Å². The number of benzene rings is 2. The normalized spacial score (nSPS) is 18.2. The predicted octanol–water partition coefficient (Wildman–Crippen LogP) is 2.95. The third-order valence-electron chi connectivity index (χ3n) is 7.20. The minimum absolute atomic E-state index is 0.0658. The number of amides is 1. The van der Waals surface area contributed by atoms with Crippen molar-refractivity contribution in [3.8, 4) is 11.8 Å². The van der Waals surface area contributed by atoms with E-state index in [0.717, 1.165) is 11.1 Å². The summed E-state index contributed by atoms with van der Waals surface area (Å²) in [7, 11) is 3.86. The Morgan fingerprint density at radius 2 is 1.78 bits per heavy atom. The van der Waals surface area contributed by atoms with Gasteiger partial charge in [-0.05, 0) is 39.6 Å². The first kappa shape index (κ1) is 24.3. The van der Waals surface area contributed by atoms with Crippen molar-refractivity contribution in [1.29, 1.82) is 5.26 Å². The Kier molecular flexibility index (Phi) is 5.89. The van der Waals surface area contributed by atoms with E-state index in [2.05, 4.69) is 6.07 Å². The van der Waals surface area contributed by atoms with Crippen LogP contribution in [0.15, 0.2) is 70.8 Å². The molecule has 8 nitrogen and oxygen atoms in total. The van der Waals surface area contributed by atoms with E-state index >= 15 is 0 Å². The predicted molar refractivity (Wildman–Crippen MR) is 141 cm³/mol. The van der Waals surface area contributed by atoms with E-state index in [4.69, 9.17) is 10.5 Å². The van der Waals surface area contributed by atoms with Crippen molar-refractivity contribution in [2.24, 2.45) is 5.73 Å². The molecule has 1 aromatic heterocycles. The number of carbonyl (C=O) groups excluding carboxylic acids is 1. The van der Waals surface area contributed by atoms with Crippen LogP contribution in [-0.2, 0) is 23.3 Å². The Bertz CT molecular complexity index is 1550. The number of fused-ring (bicyclic) bond motifs is 4. The molecule has 2 N–H and O–H groups in total. The number of nitrogens with zero attached hydrogens (tertiary/aromatic N) is 4. The first-order valence-electron chi connectivity index (χ1n) is 12.1. The van der Waals surface area contributed by atoms with Crippen molar-refractivity contribution in [3.05, 3.63) is 104 Å². The minimum Gasteiger partial charge on any atom is -0.440 e. The highest BCUT2D eigenvalue weighted by atomic mass is 16.5. The zero-order chi connectivity index (χ0) is 26.5. The van der Waals surface area contributed by atoms with Gasteiger partial charge in [0.15, 0.2) is 5.41 Å². The van der Waals surface area contributed by atoms with E-state index < -0.39 is 11.3 Å². The molecule has 3 aromatic rings. The number of aryl methyl sites for hydroxylation is 2. The lowest BCUT2D eigenvalue weighted by Gasteiger charge is -2.34. The molecule has 0 bridgehead atoms. The average molecular weight is 496 g/mol. The Hall–Kier alpha value is -4.35. The Labute approximate surface area is 215 Å². The highest BCUT2D eigenvalue weighted by Crippen LogP contribution is 2.54. The van der Waals surface area contributed by atoms with Gasteiger partial charge >= 0.3 is 0 Å². The lowest BCUT2D eigenvalue weighted by atomic mass is 9.69. The van der Waals surface area contributed by atoms with Crippen molar-refractivity contribution in [1.82, 2.24) is 9.47 Å². The summed E-state index contributed by atoms with van der Waals surface area (Å²) in [4.78, 5) is 32.4. The number of nitrogens with two attached hydrogens (primary N) is 1. The molecule has 1 atom stereocenters. The van der Waals surface area contributed by atoms with Gasteiger partial charge in [0.05, 0.1) is 12.1 Å². The van der Waals surface area contributed by atoms with Crippen LogP contribution in [0.25, 0.3) is 0 Å². The molecule has 2 aliphatic rings. The lowest BCUT2D eigenvalue weighted by molar-refractivity contribution is -0.121. The van der Waals surface area contributed by atoms with Crippen molar-refractivity contribution in [3.63, 3.8) is 0 Å². The van der Waals surface area contributed by atoms with Gasteiger partial charge < -0.3 is 24.8 Å². The standard InChI is InChI=1S/C29H29N5O3/c1-18-9-11-20(12-10-18)17-34-23-8-6-5-7-21(23)29(28(34)36)22(16-30)26(31)37-24-15-19(2)33(14-13-32(3)4)27(35)25(24)29/h5-12,15H,13-14,17,31H2,1-4H3. The van der Waals surface area contributed by atoms with Crippen LogP contribution in [0.2, 0.25) is 0 Å². The van der Waals surface area contributed by atoms with Gasteiger partial charge in [0.25, 0.3) is 5.56 Å². The smallest absolute Gasteiger partial charge is 0.259 e. The van der Waals surface area contributed by atoms with Gasteiger partial charge in [0.2, 0.25) is 11.8 Å². The summed E-state index contributed by atoms with van der Waals surface area (Å²) in [6.07, 6.45) is 0. The molecule has 2 aromatic carbocycles. The Morgan fingerprint density at radius 3 is 2.46 bits per heavy atom. The van der Waals surface area contributed by atoms with Crippen molar-refractivity contribution >= 4 is 11.6 Å². The molecule has 37 heavy (non-hydrogen) atoms. The molecular formula is C29H29N5O3. The summed E-state index contributed by atoms with van der Waals surface area (Å²) < 4.78 is 7.47. The maximum absolute atomic E-state index is 14.6. The number of para-hydroxylation sites is 1. The van der Waals surface area contributed by atoms with E-state index in [0.29, 0.717) is 30.0 Å². The van der Waals surface area contributed by atoms with Crippen LogP contribution in [0.4, 0.5) is 5.69 Å². The molecule has 0 radical (unpaired) electrons. The minimum atomic E-state index is -1.70. The maximum atomic E-state index is 14.6. The van der Waals surface area contributed by atoms with E-state index in [1.165, 1.54) is 0 Å². The van der Waals surface area contributed by atoms with E-state index in [-0.39, 0.29) is 34.9 Å². The Morgan fingerprint density at radius 1 is 1.08 bits per heavy atom. The van der Waals surface area contributed by atoms with Crippen LogP contribution in [-0.4, -0.2) is 36.0 Å². The summed E-state index contributed by atoms with van der Waals surface area (Å²) in [5.74, 6) is -0.348. The van der Waals surface area contributed by atoms with Gasteiger partial charge in [-0.15, -0.1) is 0 Å². The van der Waals surface area contributed by atoms with Gasteiger partial charge in [0, 0.05) is 36.1 Å². The third-order valence-corrected chi connectivity index (χ3v) is 7.20. The average Bonchev–Trinajstić information content (AvgIpc) is 3.08. The van der Waals surface area contributed by atoms with Crippen molar-refractivity contribution in [2.75, 3.05) is 25.5 Å². The number of ether oxygens (including phenoxy) is 1. The van der Waals surface area contributed by atoms with E-state index in [1.807, 2.05) is 75.3 Å². The van der Waals surface area contributed by atoms with Gasteiger partial charge in [-0.1, -0.05) is 48.0 Å². The fourth-order valence-electron chi connectivity index (χ4n) is 5.33. The van der Waals surface area contributed by atoms with Gasteiger partial charge in [0.1, 0.15) is 17.4 Å². The highest BCUT2D eigenvalue weighted by Gasteiger charge is 2.60. The van der Waals surface area contributed by atoms with E-state index in [9.17, 15) is 14.9 Å². The lowest BCUT2D eigenvalue weighted by Crippen LogP contribution is -2.50. The van der Waals surface area contributed by atoms with Crippen LogP contribution in [0.5, 0.6) is 5.75 Å². The molecule has 188 valence electrons. The number of likely N-dealkylation sites (N-methyl/N-ethyl adjacent to an activating group) is 1. The molecule has 0 saturated carbocycles. The number of nitriles is 1. The SMILES string of the molecule is Cc1ccc(CN2C(=O)C3(C(C#N)=C(N)Oc4cc(C)n(CCN(C)C)c(=O)c43)c3ccccc32)cc1. The third kappa shape index (κ3) is 3.62. The monoisotopic (exact) mass is 495 g/mol. The molecule has 0 fully saturated rings. The summed E-state index contributed by atoms with van der Waals surface area (Å²) in [5.41, 5.74) is 8.21. The fraction of sp³-hybridized carbons (Fsp3) is 0.276. The number of hydrogen-bond donors (Lipinski definition) is 1. The number of aromatic nitrogens is 1. The number of pyridine rings is 1. The van der Waals surface area contributed by atoms with Crippen LogP contribution in [0.3, 0.4) is 0 Å². The number of hydrogen-bond acceptors (Lipinski definition) is 6. The van der Waals surface area contributed by atoms with Gasteiger partial charge in [-0.3, -0.25) is 9.59 Å². The van der Waals surface area contributed by atoms with Crippen LogP contribution in [0.1, 0.15) is 27.9 Å². The fourth-order valence-corrected chi connectivity index (χ4v) is 5.33. The second-order valence-corrected chi connectivity index (χ2v) is 9.88. The van der Waals surface area contributed by atoms with Crippen LogP contribution >= 0.6 is 0 Å². The zero-order valence-electron chi connectivity index (χ0n) is 21.4. The molecule has 1 unspecified atom stereocenters. The molecule has 2 aliphatic heterocycles. The Balaban J connectivity index is 1.79. The first-order valence-corrected chi connectivity index (χ1v) is 12.1. The summed E-state index contributed by atoms with van der Waals surface area (Å²) in [5, 5.41) is 10.3. The second kappa shape index (κ2) is 8.95. The van der Waals surface area contributed by atoms with Crippen molar-refractivity contribution < 1.29 is 9.53 Å². The maximum Gasteiger partial charge on any atom is 0.259 e. The largest absolute Gasteiger partial charge is 0.440 e. The zero-order valence-corrected chi connectivity index (χ0v) is 21.4. The summed E-state index contributed by atoms with van der Waals surface area (Å²) >= 11 is 0. The van der Waals surface area contributed by atoms with Gasteiger partial charge in [-0.2, -0.15) is 5.26 Å². The number of carbonyl (C=O) groups is 1. The topological polar surface area (TPSA) is 105 Å². The highest BCUT2D eigenvalue weighted by molar-refractivity contribution is 6.14. The molecule has 1 spiro atoms. The number of anilines is 1. The molecule has 0 aliphatic carbocycles. The molecule has 1 amide bonds. The quantitative estimate of drug-likeness (QED) is 0.584. The summed E-state index contributed by atoms with van der Waals surface area (Å²) in [6, 6.07) is 19.1.